The Bertz CT molecular complexity index is 327. The van der Waals surface area contributed by atoms with Crippen LogP contribution in [-0.2, 0) is 14.6 Å². The fraction of sp³-hybridized carbons (Fsp3) is 0.900. The van der Waals surface area contributed by atoms with Crippen LogP contribution < -0.4 is 0 Å². The second kappa shape index (κ2) is 7.62. The van der Waals surface area contributed by atoms with Gasteiger partial charge in [0, 0.05) is 19.3 Å². The van der Waals surface area contributed by atoms with Crippen LogP contribution >= 0.6 is 0 Å². The molecule has 17 heavy (non-hydrogen) atoms. The van der Waals surface area contributed by atoms with Gasteiger partial charge in [-0.05, 0) is 27.1 Å². The Balaban J connectivity index is 4.05. The van der Waals surface area contributed by atoms with Gasteiger partial charge in [0.1, 0.15) is 9.84 Å². The number of nitrogens with zero attached hydrogens (tertiary/aromatic N) is 2. The Labute approximate surface area is 103 Å². The first kappa shape index (κ1) is 16.3. The third kappa shape index (κ3) is 11.6. The van der Waals surface area contributed by atoms with E-state index >= 15 is 0 Å². The molecule has 0 aromatic heterocycles. The summed E-state index contributed by atoms with van der Waals surface area (Å²) >= 11 is 0. The fourth-order valence-electron chi connectivity index (χ4n) is 1.35. The van der Waals surface area contributed by atoms with Crippen molar-refractivity contribution in [3.63, 3.8) is 0 Å². The van der Waals surface area contributed by atoms with Crippen molar-refractivity contribution >= 4 is 15.8 Å². The van der Waals surface area contributed by atoms with E-state index in [1.807, 2.05) is 19.0 Å². The van der Waals surface area contributed by atoms with E-state index in [-0.39, 0.29) is 12.3 Å². The predicted octanol–water partition coefficient (Wildman–Crippen LogP) is -0.631. The molecule has 0 rings (SSSR count). The molecule has 0 saturated heterocycles. The first-order valence-electron chi connectivity index (χ1n) is 5.47. The average Bonchev–Trinajstić information content (AvgIpc) is 2.10. The molecule has 0 heterocycles. The highest BCUT2D eigenvalue weighted by Crippen LogP contribution is 1.96. The van der Waals surface area contributed by atoms with Crippen molar-refractivity contribution in [2.45, 2.75) is 6.42 Å². The van der Waals surface area contributed by atoms with Crippen LogP contribution in [0.3, 0.4) is 0 Å². The van der Waals surface area contributed by atoms with Gasteiger partial charge < -0.3 is 10.0 Å². The van der Waals surface area contributed by atoms with Gasteiger partial charge in [0.2, 0.25) is 0 Å². The zero-order valence-corrected chi connectivity index (χ0v) is 11.5. The lowest BCUT2D eigenvalue weighted by molar-refractivity contribution is -0.138. The minimum absolute atomic E-state index is 0.0440. The number of rotatable bonds is 9. The van der Waals surface area contributed by atoms with Crippen molar-refractivity contribution in [3.8, 4) is 0 Å². The van der Waals surface area contributed by atoms with Gasteiger partial charge in [0.05, 0.1) is 12.3 Å². The number of sulfone groups is 1. The molecule has 0 aromatic carbocycles. The van der Waals surface area contributed by atoms with E-state index in [2.05, 4.69) is 0 Å². The smallest absolute Gasteiger partial charge is 0.317 e. The molecule has 7 heteroatoms. The largest absolute Gasteiger partial charge is 0.480 e. The van der Waals surface area contributed by atoms with Crippen molar-refractivity contribution in [1.29, 1.82) is 0 Å². The van der Waals surface area contributed by atoms with Crippen LogP contribution in [0.2, 0.25) is 0 Å². The summed E-state index contributed by atoms with van der Waals surface area (Å²) in [5.74, 6) is -0.784. The topological polar surface area (TPSA) is 77.9 Å². The molecule has 0 spiro atoms. The Hall–Kier alpha value is -0.660. The van der Waals surface area contributed by atoms with E-state index < -0.39 is 15.8 Å². The summed E-state index contributed by atoms with van der Waals surface area (Å²) in [5.41, 5.74) is 0. The van der Waals surface area contributed by atoms with Gasteiger partial charge in [-0.2, -0.15) is 0 Å². The fourth-order valence-corrected chi connectivity index (χ4v) is 2.01. The van der Waals surface area contributed by atoms with Crippen LogP contribution in [0.25, 0.3) is 0 Å². The second-order valence-corrected chi connectivity index (χ2v) is 6.72. The maximum Gasteiger partial charge on any atom is 0.317 e. The molecule has 0 unspecified atom stereocenters. The highest BCUT2D eigenvalue weighted by molar-refractivity contribution is 7.90. The highest BCUT2D eigenvalue weighted by atomic mass is 32.2. The molecule has 6 nitrogen and oxygen atoms in total. The average molecular weight is 266 g/mol. The van der Waals surface area contributed by atoms with Crippen molar-refractivity contribution in [1.82, 2.24) is 9.80 Å². The van der Waals surface area contributed by atoms with E-state index in [1.165, 1.54) is 6.26 Å². The number of carbonyl (C=O) groups is 1. The van der Waals surface area contributed by atoms with E-state index in [9.17, 15) is 13.2 Å². The lowest BCUT2D eigenvalue weighted by Gasteiger charge is -2.21. The van der Waals surface area contributed by atoms with Gasteiger partial charge in [0.15, 0.2) is 0 Å². The van der Waals surface area contributed by atoms with Crippen molar-refractivity contribution in [3.05, 3.63) is 0 Å². The van der Waals surface area contributed by atoms with Crippen LogP contribution in [0.4, 0.5) is 0 Å². The molecule has 0 fully saturated rings. The van der Waals surface area contributed by atoms with Crippen LogP contribution in [0, 0.1) is 0 Å². The molecular weight excluding hydrogens is 244 g/mol. The van der Waals surface area contributed by atoms with E-state index in [1.54, 1.807) is 4.90 Å². The second-order valence-electron chi connectivity index (χ2n) is 4.46. The first-order valence-corrected chi connectivity index (χ1v) is 7.53. The first-order chi connectivity index (χ1) is 7.70. The summed E-state index contributed by atoms with van der Waals surface area (Å²) in [7, 11) is 0.860. The molecule has 0 aliphatic rings. The summed E-state index contributed by atoms with van der Waals surface area (Å²) in [4.78, 5) is 14.4. The zero-order valence-electron chi connectivity index (χ0n) is 10.7. The summed E-state index contributed by atoms with van der Waals surface area (Å²) in [6, 6.07) is 0. The maximum atomic E-state index is 11.0. The van der Waals surface area contributed by atoms with Crippen molar-refractivity contribution in [2.24, 2.45) is 0 Å². The third-order valence-corrected chi connectivity index (χ3v) is 3.24. The van der Waals surface area contributed by atoms with Gasteiger partial charge in [-0.25, -0.2) is 8.42 Å². The zero-order chi connectivity index (χ0) is 13.5. The maximum absolute atomic E-state index is 11.0. The summed E-state index contributed by atoms with van der Waals surface area (Å²) in [5, 5.41) is 8.73. The van der Waals surface area contributed by atoms with Crippen LogP contribution in [0.15, 0.2) is 0 Å². The van der Waals surface area contributed by atoms with Gasteiger partial charge in [-0.1, -0.05) is 0 Å². The summed E-state index contributed by atoms with van der Waals surface area (Å²) in [6.07, 6.45) is 1.66. The standard InChI is InChI=1S/C10H22N2O4S/c1-11(2)6-7-12(9-10(13)14)5-4-8-17(3,15)16/h4-9H2,1-3H3,(H,13,14). The molecule has 0 aromatic rings. The molecule has 0 atom stereocenters. The Morgan fingerprint density at radius 2 is 1.76 bits per heavy atom. The lowest BCUT2D eigenvalue weighted by atomic mass is 10.4. The predicted molar refractivity (Wildman–Crippen MR) is 67.0 cm³/mol. The Kier molecular flexibility index (Phi) is 7.33. The molecule has 0 amide bonds. The van der Waals surface area contributed by atoms with Gasteiger partial charge in [-0.15, -0.1) is 0 Å². The van der Waals surface area contributed by atoms with Crippen molar-refractivity contribution in [2.75, 3.05) is 52.3 Å². The summed E-state index contributed by atoms with van der Waals surface area (Å²) < 4.78 is 21.9. The Morgan fingerprint density at radius 3 is 2.18 bits per heavy atom. The molecule has 102 valence electrons. The molecule has 0 aliphatic carbocycles. The van der Waals surface area contributed by atoms with E-state index in [0.29, 0.717) is 19.5 Å². The molecule has 0 radical (unpaired) electrons. The SMILES string of the molecule is CN(C)CCN(CCCS(C)(=O)=O)CC(=O)O. The van der Waals surface area contributed by atoms with E-state index in [4.69, 9.17) is 5.11 Å². The number of likely N-dealkylation sites (N-methyl/N-ethyl adjacent to an activating group) is 1. The minimum atomic E-state index is -2.96. The summed E-state index contributed by atoms with van der Waals surface area (Å²) in [6.45, 7) is 1.83. The monoisotopic (exact) mass is 266 g/mol. The van der Waals surface area contributed by atoms with Crippen LogP contribution in [0.1, 0.15) is 6.42 Å². The van der Waals surface area contributed by atoms with Crippen molar-refractivity contribution < 1.29 is 18.3 Å². The van der Waals surface area contributed by atoms with Crippen LogP contribution in [-0.4, -0.2) is 81.6 Å². The van der Waals surface area contributed by atoms with Gasteiger partial charge in [-0.3, -0.25) is 9.69 Å². The Morgan fingerprint density at radius 1 is 1.18 bits per heavy atom. The normalized spacial score (nSPS) is 12.3. The number of hydrogen-bond donors (Lipinski definition) is 1. The quantitative estimate of drug-likeness (QED) is 0.599. The molecule has 0 bridgehead atoms. The van der Waals surface area contributed by atoms with Gasteiger partial charge in [0.25, 0.3) is 0 Å². The van der Waals surface area contributed by atoms with Gasteiger partial charge >= 0.3 is 5.97 Å². The molecular formula is C10H22N2O4S. The highest BCUT2D eigenvalue weighted by Gasteiger charge is 2.11. The number of carboxylic acids is 1. The molecule has 0 saturated carbocycles. The van der Waals surface area contributed by atoms with E-state index in [0.717, 1.165) is 6.54 Å². The number of hydrogen-bond acceptors (Lipinski definition) is 5. The molecule has 0 aliphatic heterocycles. The number of aliphatic carboxylic acids is 1. The third-order valence-electron chi connectivity index (χ3n) is 2.21. The lowest BCUT2D eigenvalue weighted by Crippen LogP contribution is -2.36. The number of carboxylic acid groups (broad SMARTS) is 1. The van der Waals surface area contributed by atoms with Crippen LogP contribution in [0.5, 0.6) is 0 Å². The minimum Gasteiger partial charge on any atom is -0.480 e. The molecule has 1 N–H and O–H groups in total.